The molecule has 84 valence electrons. The zero-order valence-corrected chi connectivity index (χ0v) is 9.70. The molecule has 0 aliphatic heterocycles. The zero-order chi connectivity index (χ0) is 10.8. The van der Waals surface area contributed by atoms with Gasteiger partial charge in [0.15, 0.2) is 0 Å². The van der Waals surface area contributed by atoms with Crippen LogP contribution in [0.5, 0.6) is 0 Å². The third-order valence-corrected chi connectivity index (χ3v) is 2.10. The molecule has 0 aliphatic carbocycles. The van der Waals surface area contributed by atoms with Crippen LogP contribution in [0.3, 0.4) is 0 Å². The Bertz CT molecular complexity index is 143. The van der Waals surface area contributed by atoms with Crippen molar-refractivity contribution in [2.24, 2.45) is 5.92 Å². The average Bonchev–Trinajstić information content (AvgIpc) is 2.13. The lowest BCUT2D eigenvalue weighted by atomic mass is 10.0. The van der Waals surface area contributed by atoms with Gasteiger partial charge in [-0.05, 0) is 25.7 Å². The Morgan fingerprint density at radius 2 is 2.14 bits per heavy atom. The predicted octanol–water partition coefficient (Wildman–Crippen LogP) is 2.77. The summed E-state index contributed by atoms with van der Waals surface area (Å²) < 4.78 is 5.48. The van der Waals surface area contributed by atoms with Crippen LogP contribution in [0.15, 0.2) is 12.2 Å². The van der Waals surface area contributed by atoms with E-state index in [1.165, 1.54) is 6.42 Å². The van der Waals surface area contributed by atoms with Crippen LogP contribution in [0.2, 0.25) is 0 Å². The summed E-state index contributed by atoms with van der Waals surface area (Å²) in [6.07, 6.45) is 6.48. The van der Waals surface area contributed by atoms with Crippen LogP contribution in [0.25, 0.3) is 0 Å². The molecular weight excluding hydrogens is 176 g/mol. The van der Waals surface area contributed by atoms with Gasteiger partial charge in [-0.1, -0.05) is 32.4 Å². The van der Waals surface area contributed by atoms with Crippen molar-refractivity contribution in [1.29, 1.82) is 0 Å². The smallest absolute Gasteiger partial charge is 0.0724 e. The molecule has 14 heavy (non-hydrogen) atoms. The zero-order valence-electron chi connectivity index (χ0n) is 9.70. The van der Waals surface area contributed by atoms with Crippen molar-refractivity contribution in [3.63, 3.8) is 0 Å². The number of hydrogen-bond acceptors (Lipinski definition) is 2. The van der Waals surface area contributed by atoms with E-state index in [9.17, 15) is 5.11 Å². The number of hydrogen-bond donors (Lipinski definition) is 1. The van der Waals surface area contributed by atoms with Crippen molar-refractivity contribution in [2.45, 2.75) is 46.1 Å². The van der Waals surface area contributed by atoms with Gasteiger partial charge < -0.3 is 9.84 Å². The lowest BCUT2D eigenvalue weighted by Gasteiger charge is -2.13. The summed E-state index contributed by atoms with van der Waals surface area (Å²) in [5, 5.41) is 9.48. The van der Waals surface area contributed by atoms with Gasteiger partial charge in [0.1, 0.15) is 0 Å². The first-order chi connectivity index (χ1) is 6.70. The quantitative estimate of drug-likeness (QED) is 0.482. The highest BCUT2D eigenvalue weighted by Gasteiger charge is 2.07. The molecular formula is C12H24O2. The molecule has 2 heteroatoms. The van der Waals surface area contributed by atoms with Gasteiger partial charge in [-0.25, -0.2) is 0 Å². The number of rotatable bonds is 8. The Kier molecular flexibility index (Phi) is 9.00. The Morgan fingerprint density at radius 3 is 2.71 bits per heavy atom. The van der Waals surface area contributed by atoms with Gasteiger partial charge >= 0.3 is 0 Å². The number of unbranched alkanes of at least 4 members (excludes halogenated alkanes) is 1. The van der Waals surface area contributed by atoms with Crippen molar-refractivity contribution >= 4 is 0 Å². The molecule has 0 rings (SSSR count). The summed E-state index contributed by atoms with van der Waals surface area (Å²) >= 11 is 0. The highest BCUT2D eigenvalue weighted by Crippen LogP contribution is 2.07. The van der Waals surface area contributed by atoms with Crippen molar-refractivity contribution < 1.29 is 9.84 Å². The molecule has 0 aliphatic rings. The second-order valence-electron chi connectivity index (χ2n) is 3.86. The highest BCUT2D eigenvalue weighted by molar-refractivity contribution is 4.86. The fourth-order valence-electron chi connectivity index (χ4n) is 1.31. The summed E-state index contributed by atoms with van der Waals surface area (Å²) in [5.41, 5.74) is 0. The fourth-order valence-corrected chi connectivity index (χ4v) is 1.31. The van der Waals surface area contributed by atoms with Crippen LogP contribution in [-0.2, 0) is 4.74 Å². The molecule has 0 amide bonds. The lowest BCUT2D eigenvalue weighted by molar-refractivity contribution is 0.0828. The fraction of sp³-hybridized carbons (Fsp3) is 0.833. The minimum atomic E-state index is -0.315. The summed E-state index contributed by atoms with van der Waals surface area (Å²) in [6.45, 7) is 7.79. The summed E-state index contributed by atoms with van der Waals surface area (Å²) in [5.74, 6) is 0.429. The van der Waals surface area contributed by atoms with E-state index in [1.807, 2.05) is 19.1 Å². The molecule has 2 nitrogen and oxygen atoms in total. The molecule has 0 saturated carbocycles. The van der Waals surface area contributed by atoms with Gasteiger partial charge in [0.2, 0.25) is 0 Å². The average molecular weight is 200 g/mol. The number of aliphatic hydroxyl groups is 1. The topological polar surface area (TPSA) is 29.5 Å². The van der Waals surface area contributed by atoms with Crippen molar-refractivity contribution in [1.82, 2.24) is 0 Å². The first-order valence-corrected chi connectivity index (χ1v) is 5.59. The standard InChI is InChI=1S/C12H24O2/c1-4-6-8-14-10-11(3)9-12(13)7-5-2/h5,7,11-13H,4,6,8-10H2,1-3H3/b7-5+. The Balaban J connectivity index is 3.39. The van der Waals surface area contributed by atoms with Gasteiger partial charge in [0.05, 0.1) is 6.10 Å². The van der Waals surface area contributed by atoms with Crippen LogP contribution >= 0.6 is 0 Å². The number of ether oxygens (including phenoxy) is 1. The predicted molar refractivity (Wildman–Crippen MR) is 60.3 cm³/mol. The first-order valence-electron chi connectivity index (χ1n) is 5.59. The van der Waals surface area contributed by atoms with Crippen molar-refractivity contribution in [2.75, 3.05) is 13.2 Å². The molecule has 2 unspecified atom stereocenters. The van der Waals surface area contributed by atoms with Crippen LogP contribution in [0, 0.1) is 5.92 Å². The molecule has 1 N–H and O–H groups in total. The third kappa shape index (κ3) is 8.27. The van der Waals surface area contributed by atoms with Gasteiger partial charge in [-0.15, -0.1) is 0 Å². The maximum Gasteiger partial charge on any atom is 0.0724 e. The molecule has 0 fully saturated rings. The first kappa shape index (κ1) is 13.7. The van der Waals surface area contributed by atoms with Crippen LogP contribution in [0.1, 0.15) is 40.0 Å². The van der Waals surface area contributed by atoms with Crippen LogP contribution in [-0.4, -0.2) is 24.4 Å². The minimum absolute atomic E-state index is 0.315. The van der Waals surface area contributed by atoms with E-state index in [0.717, 1.165) is 26.1 Å². The second kappa shape index (κ2) is 9.22. The Labute approximate surface area is 88.0 Å². The van der Waals surface area contributed by atoms with Gasteiger partial charge in [0.25, 0.3) is 0 Å². The molecule has 0 saturated heterocycles. The van der Waals surface area contributed by atoms with E-state index in [0.29, 0.717) is 5.92 Å². The summed E-state index contributed by atoms with van der Waals surface area (Å²) in [6, 6.07) is 0. The molecule has 0 aromatic heterocycles. The number of allylic oxidation sites excluding steroid dienone is 1. The van der Waals surface area contributed by atoms with Crippen LogP contribution < -0.4 is 0 Å². The van der Waals surface area contributed by atoms with E-state index in [4.69, 9.17) is 4.74 Å². The number of aliphatic hydroxyl groups excluding tert-OH is 1. The maximum absolute atomic E-state index is 9.48. The van der Waals surface area contributed by atoms with E-state index >= 15 is 0 Å². The van der Waals surface area contributed by atoms with Crippen molar-refractivity contribution in [3.8, 4) is 0 Å². The van der Waals surface area contributed by atoms with Crippen molar-refractivity contribution in [3.05, 3.63) is 12.2 Å². The molecule has 0 radical (unpaired) electrons. The van der Waals surface area contributed by atoms with Gasteiger partial charge in [-0.2, -0.15) is 0 Å². The molecule has 0 heterocycles. The van der Waals surface area contributed by atoms with Gasteiger partial charge in [-0.3, -0.25) is 0 Å². The van der Waals surface area contributed by atoms with E-state index in [-0.39, 0.29) is 6.10 Å². The highest BCUT2D eigenvalue weighted by atomic mass is 16.5. The molecule has 0 bridgehead atoms. The third-order valence-electron chi connectivity index (χ3n) is 2.10. The minimum Gasteiger partial charge on any atom is -0.389 e. The van der Waals surface area contributed by atoms with E-state index in [2.05, 4.69) is 13.8 Å². The monoisotopic (exact) mass is 200 g/mol. The molecule has 0 spiro atoms. The molecule has 0 aromatic rings. The van der Waals surface area contributed by atoms with Gasteiger partial charge in [0, 0.05) is 13.2 Å². The maximum atomic E-state index is 9.48. The summed E-state index contributed by atoms with van der Waals surface area (Å²) in [7, 11) is 0. The largest absolute Gasteiger partial charge is 0.389 e. The second-order valence-corrected chi connectivity index (χ2v) is 3.86. The lowest BCUT2D eigenvalue weighted by Crippen LogP contribution is -2.14. The Morgan fingerprint density at radius 1 is 1.43 bits per heavy atom. The normalized spacial score (nSPS) is 16.0. The SMILES string of the molecule is C/C=C/C(O)CC(C)COCCCC. The van der Waals surface area contributed by atoms with E-state index < -0.39 is 0 Å². The Hall–Kier alpha value is -0.340. The van der Waals surface area contributed by atoms with E-state index in [1.54, 1.807) is 0 Å². The summed E-state index contributed by atoms with van der Waals surface area (Å²) in [4.78, 5) is 0. The molecule has 2 atom stereocenters. The van der Waals surface area contributed by atoms with Crippen LogP contribution in [0.4, 0.5) is 0 Å². The molecule has 0 aromatic carbocycles.